The van der Waals surface area contributed by atoms with Crippen molar-refractivity contribution < 1.29 is 23.9 Å². The lowest BCUT2D eigenvalue weighted by atomic mass is 9.98. The molecule has 0 bridgehead atoms. The summed E-state index contributed by atoms with van der Waals surface area (Å²) in [5, 5.41) is 0.512. The SMILES string of the molecule is C[C@@H]1C[C@H](OC(=O)c2ccccc2C(=O)c2ccc(Cl)cc2)C(=O)O1. The van der Waals surface area contributed by atoms with Crippen LogP contribution in [-0.2, 0) is 14.3 Å². The summed E-state index contributed by atoms with van der Waals surface area (Å²) in [5.41, 5.74) is 0.711. The fourth-order valence-corrected chi connectivity index (χ4v) is 2.75. The minimum atomic E-state index is -0.943. The largest absolute Gasteiger partial charge is 0.460 e. The van der Waals surface area contributed by atoms with E-state index in [0.29, 0.717) is 17.0 Å². The number of carbonyl (C=O) groups is 3. The van der Waals surface area contributed by atoms with Crippen LogP contribution in [0, 0.1) is 0 Å². The summed E-state index contributed by atoms with van der Waals surface area (Å²) in [7, 11) is 0. The zero-order chi connectivity index (χ0) is 18.0. The van der Waals surface area contributed by atoms with Crippen LogP contribution < -0.4 is 0 Å². The molecule has 0 saturated carbocycles. The van der Waals surface area contributed by atoms with Crippen molar-refractivity contribution in [2.45, 2.75) is 25.6 Å². The van der Waals surface area contributed by atoms with Crippen LogP contribution in [0.5, 0.6) is 0 Å². The second kappa shape index (κ2) is 7.07. The van der Waals surface area contributed by atoms with E-state index < -0.39 is 18.0 Å². The van der Waals surface area contributed by atoms with Crippen molar-refractivity contribution in [1.82, 2.24) is 0 Å². The minimum absolute atomic E-state index is 0.106. The second-order valence-corrected chi connectivity index (χ2v) is 6.20. The minimum Gasteiger partial charge on any atom is -0.460 e. The molecule has 2 aromatic rings. The number of ether oxygens (including phenoxy) is 2. The Balaban J connectivity index is 1.85. The maximum atomic E-state index is 12.7. The highest BCUT2D eigenvalue weighted by Crippen LogP contribution is 2.22. The van der Waals surface area contributed by atoms with Gasteiger partial charge in [0.2, 0.25) is 6.10 Å². The van der Waals surface area contributed by atoms with Gasteiger partial charge < -0.3 is 9.47 Å². The van der Waals surface area contributed by atoms with Crippen LogP contribution in [-0.4, -0.2) is 29.9 Å². The van der Waals surface area contributed by atoms with Crippen LogP contribution in [0.2, 0.25) is 5.02 Å². The average Bonchev–Trinajstić information content (AvgIpc) is 2.92. The van der Waals surface area contributed by atoms with Crippen molar-refractivity contribution in [3.8, 4) is 0 Å². The summed E-state index contributed by atoms with van der Waals surface area (Å²) in [6.07, 6.45) is -0.935. The molecular formula is C19H15ClO5. The number of benzene rings is 2. The molecule has 0 spiro atoms. The quantitative estimate of drug-likeness (QED) is 0.618. The molecule has 0 unspecified atom stereocenters. The molecule has 0 radical (unpaired) electrons. The molecule has 3 rings (SSSR count). The van der Waals surface area contributed by atoms with Gasteiger partial charge in [-0.25, -0.2) is 9.59 Å². The van der Waals surface area contributed by atoms with E-state index >= 15 is 0 Å². The van der Waals surface area contributed by atoms with E-state index in [1.807, 2.05) is 0 Å². The Hall–Kier alpha value is -2.66. The Labute approximate surface area is 149 Å². The maximum Gasteiger partial charge on any atom is 0.347 e. The lowest BCUT2D eigenvalue weighted by molar-refractivity contribution is -0.147. The third-order valence-electron chi connectivity index (χ3n) is 3.87. The molecule has 0 aliphatic carbocycles. The van der Waals surface area contributed by atoms with Gasteiger partial charge in [0.25, 0.3) is 0 Å². The molecule has 5 nitrogen and oxygen atoms in total. The zero-order valence-corrected chi connectivity index (χ0v) is 14.2. The first-order chi connectivity index (χ1) is 12.0. The van der Waals surface area contributed by atoms with Crippen molar-refractivity contribution in [2.24, 2.45) is 0 Å². The summed E-state index contributed by atoms with van der Waals surface area (Å²) in [4.78, 5) is 36.8. The summed E-state index contributed by atoms with van der Waals surface area (Å²) >= 11 is 5.84. The van der Waals surface area contributed by atoms with Crippen molar-refractivity contribution >= 4 is 29.3 Å². The molecular weight excluding hydrogens is 344 g/mol. The number of rotatable bonds is 4. The first-order valence-electron chi connectivity index (χ1n) is 7.76. The molecule has 1 heterocycles. The molecule has 6 heteroatoms. The number of hydrogen-bond donors (Lipinski definition) is 0. The summed E-state index contributed by atoms with van der Waals surface area (Å²) in [6.45, 7) is 1.73. The van der Waals surface area contributed by atoms with Crippen LogP contribution in [0.4, 0.5) is 0 Å². The molecule has 1 saturated heterocycles. The van der Waals surface area contributed by atoms with Crippen molar-refractivity contribution in [1.29, 1.82) is 0 Å². The number of cyclic esters (lactones) is 1. The smallest absolute Gasteiger partial charge is 0.347 e. The van der Waals surface area contributed by atoms with Crippen LogP contribution in [0.1, 0.15) is 39.6 Å². The van der Waals surface area contributed by atoms with Gasteiger partial charge in [-0.15, -0.1) is 0 Å². The standard InChI is InChI=1S/C19H15ClO5/c1-11-10-16(19(23)24-11)25-18(22)15-5-3-2-4-14(15)17(21)12-6-8-13(20)9-7-12/h2-9,11,16H,10H2,1H3/t11-,16+/m1/s1. The van der Waals surface area contributed by atoms with E-state index in [2.05, 4.69) is 0 Å². The predicted octanol–water partition coefficient (Wildman–Crippen LogP) is 3.43. The van der Waals surface area contributed by atoms with Gasteiger partial charge in [-0.05, 0) is 37.3 Å². The lowest BCUT2D eigenvalue weighted by Crippen LogP contribution is -2.24. The van der Waals surface area contributed by atoms with Gasteiger partial charge in [-0.1, -0.05) is 29.8 Å². The number of ketones is 1. The van der Waals surface area contributed by atoms with Gasteiger partial charge >= 0.3 is 11.9 Å². The molecule has 1 aliphatic heterocycles. The van der Waals surface area contributed by atoms with E-state index in [-0.39, 0.29) is 23.0 Å². The Morgan fingerprint density at radius 2 is 1.72 bits per heavy atom. The van der Waals surface area contributed by atoms with Gasteiger partial charge in [-0.2, -0.15) is 0 Å². The summed E-state index contributed by atoms with van der Waals surface area (Å²) in [6, 6.07) is 12.7. The van der Waals surface area contributed by atoms with E-state index in [4.69, 9.17) is 21.1 Å². The third-order valence-corrected chi connectivity index (χ3v) is 4.13. The van der Waals surface area contributed by atoms with Crippen molar-refractivity contribution in [3.63, 3.8) is 0 Å². The predicted molar refractivity (Wildman–Crippen MR) is 90.7 cm³/mol. The first-order valence-corrected chi connectivity index (χ1v) is 8.14. The molecule has 2 aromatic carbocycles. The topological polar surface area (TPSA) is 69.7 Å². The Morgan fingerprint density at radius 1 is 1.08 bits per heavy atom. The van der Waals surface area contributed by atoms with Gasteiger partial charge in [0.15, 0.2) is 5.78 Å². The van der Waals surface area contributed by atoms with E-state index in [1.54, 1.807) is 49.4 Å². The summed E-state index contributed by atoms with van der Waals surface area (Å²) < 4.78 is 10.2. The highest BCUT2D eigenvalue weighted by molar-refractivity contribution is 6.30. The Kier molecular flexibility index (Phi) is 4.86. The molecule has 0 amide bonds. The van der Waals surface area contributed by atoms with E-state index in [1.165, 1.54) is 6.07 Å². The highest BCUT2D eigenvalue weighted by atomic mass is 35.5. The number of esters is 2. The normalized spacial score (nSPS) is 19.4. The van der Waals surface area contributed by atoms with Gasteiger partial charge in [-0.3, -0.25) is 4.79 Å². The molecule has 2 atom stereocenters. The number of carbonyl (C=O) groups excluding carboxylic acids is 3. The fraction of sp³-hybridized carbons (Fsp3) is 0.211. The lowest BCUT2D eigenvalue weighted by Gasteiger charge is -2.11. The maximum absolute atomic E-state index is 12.7. The van der Waals surface area contributed by atoms with Crippen LogP contribution in [0.3, 0.4) is 0 Å². The fourth-order valence-electron chi connectivity index (χ4n) is 2.62. The van der Waals surface area contributed by atoms with Gasteiger partial charge in [0, 0.05) is 22.6 Å². The molecule has 1 fully saturated rings. The van der Waals surface area contributed by atoms with E-state index in [0.717, 1.165) is 0 Å². The van der Waals surface area contributed by atoms with Gasteiger partial charge in [0.1, 0.15) is 6.10 Å². The van der Waals surface area contributed by atoms with E-state index in [9.17, 15) is 14.4 Å². The third kappa shape index (κ3) is 3.72. The van der Waals surface area contributed by atoms with Gasteiger partial charge in [0.05, 0.1) is 5.56 Å². The van der Waals surface area contributed by atoms with Crippen LogP contribution >= 0.6 is 11.6 Å². The highest BCUT2D eigenvalue weighted by Gasteiger charge is 2.35. The monoisotopic (exact) mass is 358 g/mol. The molecule has 128 valence electrons. The Morgan fingerprint density at radius 3 is 2.32 bits per heavy atom. The second-order valence-electron chi connectivity index (χ2n) is 5.76. The van der Waals surface area contributed by atoms with Crippen LogP contribution in [0.25, 0.3) is 0 Å². The van der Waals surface area contributed by atoms with Crippen molar-refractivity contribution in [2.75, 3.05) is 0 Å². The molecule has 25 heavy (non-hydrogen) atoms. The first kappa shape index (κ1) is 17.2. The summed E-state index contributed by atoms with van der Waals surface area (Å²) in [5.74, 6) is -1.62. The zero-order valence-electron chi connectivity index (χ0n) is 13.4. The van der Waals surface area contributed by atoms with Crippen molar-refractivity contribution in [3.05, 3.63) is 70.2 Å². The Bertz CT molecular complexity index is 828. The number of hydrogen-bond acceptors (Lipinski definition) is 5. The molecule has 1 aliphatic rings. The molecule has 0 N–H and O–H groups in total. The van der Waals surface area contributed by atoms with Crippen LogP contribution in [0.15, 0.2) is 48.5 Å². The number of halogens is 1. The molecule has 0 aromatic heterocycles. The average molecular weight is 359 g/mol.